The second kappa shape index (κ2) is 17.5. The Morgan fingerprint density at radius 2 is 1.59 bits per heavy atom. The van der Waals surface area contributed by atoms with Gasteiger partial charge in [0, 0.05) is 36.5 Å². The maximum Gasteiger partial charge on any atom is 0.416 e. The first-order valence-electron chi connectivity index (χ1n) is 16.9. The summed E-state index contributed by atoms with van der Waals surface area (Å²) in [6.45, 7) is -0.790. The topological polar surface area (TPSA) is 175 Å². The van der Waals surface area contributed by atoms with Crippen LogP contribution in [0.2, 0.25) is 0 Å². The SMILES string of the molecule is [N-]=[N+]=NCc1ccccc1[C@@H]1OC(c2ccc(OCCCO)cc2)=N[C@]1(CCS(=O)(=O)c1ccccc1)C(=O)NNCc1cc(C(F)(F)F)cc(C(F)(F)F)c1. The van der Waals surface area contributed by atoms with E-state index in [4.69, 9.17) is 25.1 Å². The zero-order valence-electron chi connectivity index (χ0n) is 29.2. The number of carbonyl (C=O) groups excluding carboxylic acids is 1. The number of aliphatic imine (C=N–C) groups is 1. The second-order valence-electron chi connectivity index (χ2n) is 12.5. The molecule has 3 N–H and O–H groups in total. The monoisotopic (exact) mass is 804 g/mol. The minimum absolute atomic E-state index is 0.0253. The summed E-state index contributed by atoms with van der Waals surface area (Å²) in [6.07, 6.45) is -11.8. The van der Waals surface area contributed by atoms with E-state index in [1.165, 1.54) is 24.3 Å². The Morgan fingerprint density at radius 1 is 0.946 bits per heavy atom. The van der Waals surface area contributed by atoms with Crippen molar-refractivity contribution in [2.45, 2.75) is 54.8 Å². The molecule has 1 amide bonds. The third-order valence-corrected chi connectivity index (χ3v) is 10.4. The van der Waals surface area contributed by atoms with Crippen molar-refractivity contribution < 1.29 is 54.1 Å². The molecule has 0 spiro atoms. The van der Waals surface area contributed by atoms with Gasteiger partial charge in [-0.3, -0.25) is 10.2 Å². The van der Waals surface area contributed by atoms with Crippen LogP contribution in [-0.4, -0.2) is 49.8 Å². The van der Waals surface area contributed by atoms with E-state index in [1.807, 2.05) is 0 Å². The van der Waals surface area contributed by atoms with E-state index in [0.717, 1.165) is 0 Å². The number of ether oxygens (including phenoxy) is 2. The number of rotatable bonds is 16. The summed E-state index contributed by atoms with van der Waals surface area (Å²) in [5, 5.41) is 12.7. The number of nitrogens with zero attached hydrogens (tertiary/aromatic N) is 4. The number of sulfone groups is 1. The quantitative estimate of drug-likeness (QED) is 0.0267. The summed E-state index contributed by atoms with van der Waals surface area (Å²) in [4.78, 5) is 22.0. The van der Waals surface area contributed by atoms with Crippen molar-refractivity contribution >= 4 is 21.6 Å². The number of hydrogen-bond acceptors (Lipinski definition) is 9. The van der Waals surface area contributed by atoms with Crippen molar-refractivity contribution in [3.8, 4) is 5.75 Å². The Labute approximate surface area is 316 Å². The van der Waals surface area contributed by atoms with Crippen molar-refractivity contribution in [1.29, 1.82) is 0 Å². The zero-order chi connectivity index (χ0) is 40.6. The van der Waals surface area contributed by atoms with Gasteiger partial charge in [-0.15, -0.1) is 0 Å². The maximum absolute atomic E-state index is 14.5. The van der Waals surface area contributed by atoms with Gasteiger partial charge in [-0.1, -0.05) is 47.6 Å². The molecular formula is C37H34F6N6O6S. The number of alkyl halides is 6. The van der Waals surface area contributed by atoms with Gasteiger partial charge in [0.25, 0.3) is 5.91 Å². The average Bonchev–Trinajstić information content (AvgIpc) is 3.57. The van der Waals surface area contributed by atoms with Gasteiger partial charge in [0.2, 0.25) is 5.90 Å². The lowest BCUT2D eigenvalue weighted by Crippen LogP contribution is -2.53. The summed E-state index contributed by atoms with van der Waals surface area (Å²) in [6, 6.07) is 21.0. The number of aliphatic hydroxyl groups excluding tert-OH is 1. The third-order valence-electron chi connectivity index (χ3n) is 8.67. The van der Waals surface area contributed by atoms with Crippen LogP contribution in [0.3, 0.4) is 0 Å². The number of benzene rings is 4. The molecule has 0 saturated heterocycles. The van der Waals surface area contributed by atoms with Crippen molar-refractivity contribution in [2.24, 2.45) is 10.1 Å². The molecule has 1 aliphatic heterocycles. The van der Waals surface area contributed by atoms with Crippen LogP contribution in [-0.2, 0) is 44.8 Å². The van der Waals surface area contributed by atoms with E-state index in [-0.39, 0.29) is 42.2 Å². The van der Waals surface area contributed by atoms with E-state index in [2.05, 4.69) is 20.9 Å². The Morgan fingerprint density at radius 3 is 2.21 bits per heavy atom. The van der Waals surface area contributed by atoms with Gasteiger partial charge in [0.1, 0.15) is 5.75 Å². The highest BCUT2D eigenvalue weighted by molar-refractivity contribution is 7.91. The van der Waals surface area contributed by atoms with Crippen LogP contribution in [0, 0.1) is 0 Å². The van der Waals surface area contributed by atoms with Crippen LogP contribution in [0.5, 0.6) is 5.75 Å². The number of hydrogen-bond donors (Lipinski definition) is 3. The summed E-state index contributed by atoms with van der Waals surface area (Å²) in [7, 11) is -4.09. The molecule has 0 radical (unpaired) electrons. The number of amides is 1. The Bertz CT molecular complexity index is 2170. The van der Waals surface area contributed by atoms with Gasteiger partial charge in [0.15, 0.2) is 21.5 Å². The van der Waals surface area contributed by atoms with Crippen LogP contribution >= 0.6 is 0 Å². The van der Waals surface area contributed by atoms with Gasteiger partial charge in [0.05, 0.1) is 34.9 Å². The predicted octanol–water partition coefficient (Wildman–Crippen LogP) is 7.24. The van der Waals surface area contributed by atoms with E-state index in [0.29, 0.717) is 35.4 Å². The molecule has 1 aliphatic rings. The summed E-state index contributed by atoms with van der Waals surface area (Å²) < 4.78 is 121. The first-order chi connectivity index (χ1) is 26.6. The lowest BCUT2D eigenvalue weighted by molar-refractivity contribution is -0.143. The van der Waals surface area contributed by atoms with Crippen molar-refractivity contribution in [3.63, 3.8) is 0 Å². The normalized spacial score (nSPS) is 17.1. The molecule has 12 nitrogen and oxygen atoms in total. The fourth-order valence-corrected chi connectivity index (χ4v) is 7.27. The molecule has 4 aromatic carbocycles. The van der Waals surface area contributed by atoms with Crippen LogP contribution in [0.4, 0.5) is 26.3 Å². The molecule has 4 aromatic rings. The Hall–Kier alpha value is -5.62. The number of azide groups is 1. The number of carbonyl (C=O) groups is 1. The van der Waals surface area contributed by atoms with Gasteiger partial charge in [-0.05, 0) is 76.8 Å². The average molecular weight is 805 g/mol. The molecule has 0 aromatic heterocycles. The van der Waals surface area contributed by atoms with Crippen LogP contribution in [0.15, 0.2) is 112 Å². The summed E-state index contributed by atoms with van der Waals surface area (Å²) in [5.41, 5.74) is 9.03. The highest BCUT2D eigenvalue weighted by atomic mass is 32.2. The first-order valence-corrected chi connectivity index (χ1v) is 18.5. The molecule has 296 valence electrons. The van der Waals surface area contributed by atoms with Crippen molar-refractivity contribution in [3.05, 3.63) is 141 Å². The van der Waals surface area contributed by atoms with Crippen LogP contribution < -0.4 is 15.6 Å². The van der Waals surface area contributed by atoms with Crippen molar-refractivity contribution in [2.75, 3.05) is 19.0 Å². The highest BCUT2D eigenvalue weighted by Gasteiger charge is 2.54. The Balaban J connectivity index is 1.58. The molecule has 1 heterocycles. The van der Waals surface area contributed by atoms with E-state index >= 15 is 0 Å². The minimum atomic E-state index is -5.11. The van der Waals surface area contributed by atoms with E-state index in [1.54, 1.807) is 54.6 Å². The largest absolute Gasteiger partial charge is 0.494 e. The smallest absolute Gasteiger partial charge is 0.416 e. The fraction of sp³-hybridized carbons (Fsp3) is 0.297. The van der Waals surface area contributed by atoms with Gasteiger partial charge >= 0.3 is 12.4 Å². The van der Waals surface area contributed by atoms with Crippen LogP contribution in [0.25, 0.3) is 10.4 Å². The Kier molecular flexibility index (Phi) is 12.9. The van der Waals surface area contributed by atoms with Gasteiger partial charge < -0.3 is 14.6 Å². The highest BCUT2D eigenvalue weighted by Crippen LogP contribution is 2.44. The summed E-state index contributed by atoms with van der Waals surface area (Å²) >= 11 is 0. The molecule has 0 bridgehead atoms. The number of aliphatic hydroxyl groups is 1. The predicted molar refractivity (Wildman–Crippen MR) is 191 cm³/mol. The molecule has 5 rings (SSSR count). The summed E-state index contributed by atoms with van der Waals surface area (Å²) in [5.74, 6) is -1.39. The third kappa shape index (κ3) is 9.97. The first kappa shape index (κ1) is 41.5. The zero-order valence-corrected chi connectivity index (χ0v) is 30.0. The molecule has 0 saturated carbocycles. The second-order valence-corrected chi connectivity index (χ2v) is 14.6. The van der Waals surface area contributed by atoms with E-state index in [9.17, 15) is 39.6 Å². The molecule has 0 aliphatic carbocycles. The minimum Gasteiger partial charge on any atom is -0.494 e. The molecule has 19 heteroatoms. The molecule has 56 heavy (non-hydrogen) atoms. The lowest BCUT2D eigenvalue weighted by Gasteiger charge is -2.31. The van der Waals surface area contributed by atoms with E-state index < -0.39 is 75.1 Å². The number of hydrazine groups is 1. The maximum atomic E-state index is 14.5. The standard InChI is InChI=1S/C37H34F6N6O6S/c38-36(39,40)27-19-24(20-28(21-27)37(41,42)43)22-45-48-34(51)35(15-18-56(52,53)30-8-2-1-3-9-30)32(31-10-5-4-7-26(31)23-46-49-44)55-33(47-35)25-11-13-29(14-12-25)54-17-6-16-50/h1-5,7-14,19-21,32,45,50H,6,15-18,22-23H2,(H,48,51)/t32-,35-/m0/s1. The van der Waals surface area contributed by atoms with Gasteiger partial charge in [-0.2, -0.15) is 26.3 Å². The molecule has 0 fully saturated rings. The molecule has 0 unspecified atom stereocenters. The molecular weight excluding hydrogens is 770 g/mol. The van der Waals surface area contributed by atoms with Gasteiger partial charge in [-0.25, -0.2) is 18.8 Å². The lowest BCUT2D eigenvalue weighted by atomic mass is 9.83. The fourth-order valence-electron chi connectivity index (χ4n) is 5.88. The van der Waals surface area contributed by atoms with Crippen LogP contribution in [0.1, 0.15) is 52.3 Å². The number of nitrogens with one attached hydrogen (secondary N) is 2. The molecule has 2 atom stereocenters. The van der Waals surface area contributed by atoms with Crippen molar-refractivity contribution in [1.82, 2.24) is 10.9 Å². The number of halogens is 6.